The highest BCUT2D eigenvalue weighted by molar-refractivity contribution is 7.99. The summed E-state index contributed by atoms with van der Waals surface area (Å²) in [5.41, 5.74) is 1.01. The molecule has 0 saturated heterocycles. The van der Waals surface area contributed by atoms with Gasteiger partial charge >= 0.3 is 0 Å². The van der Waals surface area contributed by atoms with Gasteiger partial charge in [-0.2, -0.15) is 0 Å². The topological polar surface area (TPSA) is 24.9 Å². The average Bonchev–Trinajstić information content (AvgIpc) is 2.44. The lowest BCUT2D eigenvalue weighted by molar-refractivity contribution is 0.565. The normalized spacial score (nSPS) is 10.8. The van der Waals surface area contributed by atoms with Gasteiger partial charge in [0.2, 0.25) is 0 Å². The first kappa shape index (κ1) is 14.9. The van der Waals surface area contributed by atoms with Crippen molar-refractivity contribution in [2.24, 2.45) is 0 Å². The number of aromatic nitrogens is 1. The number of halogens is 2. The molecule has 0 spiro atoms. The van der Waals surface area contributed by atoms with Crippen molar-refractivity contribution in [2.45, 2.75) is 29.8 Å². The molecule has 0 aliphatic rings. The molecule has 1 aromatic heterocycles. The Morgan fingerprint density at radius 3 is 2.85 bits per heavy atom. The van der Waals surface area contributed by atoms with Gasteiger partial charge in [-0.1, -0.05) is 24.8 Å². The van der Waals surface area contributed by atoms with E-state index in [1.54, 1.807) is 6.20 Å². The van der Waals surface area contributed by atoms with Crippen LogP contribution in [0.5, 0.6) is 0 Å². The molecule has 20 heavy (non-hydrogen) atoms. The Morgan fingerprint density at radius 2 is 2.10 bits per heavy atom. The first-order chi connectivity index (χ1) is 9.70. The van der Waals surface area contributed by atoms with Crippen LogP contribution in [0, 0.1) is 11.6 Å². The second kappa shape index (κ2) is 7.36. The first-order valence-electron chi connectivity index (χ1n) is 6.48. The molecule has 0 bridgehead atoms. The third kappa shape index (κ3) is 4.02. The van der Waals surface area contributed by atoms with Crippen molar-refractivity contribution >= 4 is 11.8 Å². The molecule has 1 heterocycles. The minimum Gasteiger partial charge on any atom is -0.313 e. The number of benzene rings is 1. The molecule has 1 aromatic carbocycles. The van der Waals surface area contributed by atoms with E-state index in [-0.39, 0.29) is 0 Å². The summed E-state index contributed by atoms with van der Waals surface area (Å²) in [4.78, 5) is 4.66. The van der Waals surface area contributed by atoms with E-state index in [0.717, 1.165) is 29.6 Å². The molecule has 106 valence electrons. The van der Waals surface area contributed by atoms with Gasteiger partial charge in [-0.15, -0.1) is 0 Å². The Balaban J connectivity index is 2.16. The number of nitrogens with zero attached hydrogens (tertiary/aromatic N) is 1. The SMILES string of the molecule is CCCNCc1cccnc1Sc1ccc(F)cc1F. The Hall–Kier alpha value is -1.46. The van der Waals surface area contributed by atoms with Crippen molar-refractivity contribution in [3.63, 3.8) is 0 Å². The summed E-state index contributed by atoms with van der Waals surface area (Å²) < 4.78 is 26.6. The predicted octanol–water partition coefficient (Wildman–Crippen LogP) is 4.01. The van der Waals surface area contributed by atoms with Crippen molar-refractivity contribution in [3.8, 4) is 0 Å². The zero-order chi connectivity index (χ0) is 14.4. The molecule has 0 atom stereocenters. The largest absolute Gasteiger partial charge is 0.313 e. The second-order valence-electron chi connectivity index (χ2n) is 4.32. The lowest BCUT2D eigenvalue weighted by Gasteiger charge is -2.09. The van der Waals surface area contributed by atoms with Crippen LogP contribution in [0.1, 0.15) is 18.9 Å². The van der Waals surface area contributed by atoms with Crippen molar-refractivity contribution in [3.05, 3.63) is 53.7 Å². The first-order valence-corrected chi connectivity index (χ1v) is 7.30. The van der Waals surface area contributed by atoms with Gasteiger partial charge in [0.25, 0.3) is 0 Å². The van der Waals surface area contributed by atoms with Crippen LogP contribution in [-0.2, 0) is 6.54 Å². The van der Waals surface area contributed by atoms with Gasteiger partial charge in [-0.05, 0) is 36.7 Å². The van der Waals surface area contributed by atoms with Crippen LogP contribution < -0.4 is 5.32 Å². The van der Waals surface area contributed by atoms with E-state index < -0.39 is 11.6 Å². The number of hydrogen-bond acceptors (Lipinski definition) is 3. The number of rotatable bonds is 6. The van der Waals surface area contributed by atoms with Crippen molar-refractivity contribution in [1.29, 1.82) is 0 Å². The molecular weight excluding hydrogens is 278 g/mol. The maximum Gasteiger partial charge on any atom is 0.140 e. The fraction of sp³-hybridized carbons (Fsp3) is 0.267. The van der Waals surface area contributed by atoms with E-state index in [9.17, 15) is 8.78 Å². The molecule has 2 nitrogen and oxygen atoms in total. The number of pyridine rings is 1. The number of nitrogens with one attached hydrogen (secondary N) is 1. The maximum atomic E-state index is 13.7. The summed E-state index contributed by atoms with van der Waals surface area (Å²) in [7, 11) is 0. The smallest absolute Gasteiger partial charge is 0.140 e. The Labute approximate surface area is 121 Å². The van der Waals surface area contributed by atoms with Crippen molar-refractivity contribution in [1.82, 2.24) is 10.3 Å². The Bertz CT molecular complexity index is 576. The zero-order valence-electron chi connectivity index (χ0n) is 11.2. The van der Waals surface area contributed by atoms with E-state index in [2.05, 4.69) is 17.2 Å². The molecule has 2 aromatic rings. The second-order valence-corrected chi connectivity index (χ2v) is 5.35. The quantitative estimate of drug-likeness (QED) is 0.815. The molecule has 0 amide bonds. The Morgan fingerprint density at radius 1 is 1.25 bits per heavy atom. The Kier molecular flexibility index (Phi) is 5.49. The van der Waals surface area contributed by atoms with Gasteiger partial charge in [0.05, 0.1) is 0 Å². The van der Waals surface area contributed by atoms with Crippen molar-refractivity contribution in [2.75, 3.05) is 6.54 Å². The molecule has 0 radical (unpaired) electrons. The van der Waals surface area contributed by atoms with E-state index in [1.165, 1.54) is 23.9 Å². The third-order valence-electron chi connectivity index (χ3n) is 2.69. The highest BCUT2D eigenvalue weighted by Crippen LogP contribution is 2.30. The van der Waals surface area contributed by atoms with Gasteiger partial charge < -0.3 is 5.32 Å². The summed E-state index contributed by atoms with van der Waals surface area (Å²) in [5, 5.41) is 4.03. The summed E-state index contributed by atoms with van der Waals surface area (Å²) in [6.07, 6.45) is 2.72. The van der Waals surface area contributed by atoms with Crippen LogP contribution in [0.15, 0.2) is 46.5 Å². The lowest BCUT2D eigenvalue weighted by atomic mass is 10.3. The van der Waals surface area contributed by atoms with Crippen LogP contribution in [0.3, 0.4) is 0 Å². The predicted molar refractivity (Wildman–Crippen MR) is 76.7 cm³/mol. The molecule has 0 aliphatic heterocycles. The van der Waals surface area contributed by atoms with Gasteiger partial charge in [0.1, 0.15) is 16.7 Å². The van der Waals surface area contributed by atoms with Crippen LogP contribution in [-0.4, -0.2) is 11.5 Å². The van der Waals surface area contributed by atoms with Crippen LogP contribution >= 0.6 is 11.8 Å². The lowest BCUT2D eigenvalue weighted by Crippen LogP contribution is -2.14. The van der Waals surface area contributed by atoms with Gasteiger partial charge in [0, 0.05) is 23.7 Å². The zero-order valence-corrected chi connectivity index (χ0v) is 12.0. The standard InChI is InChI=1S/C15H16F2N2S/c1-2-7-18-10-11-4-3-8-19-15(11)20-14-6-5-12(16)9-13(14)17/h3-6,8-9,18H,2,7,10H2,1H3. The van der Waals surface area contributed by atoms with Crippen LogP contribution in [0.4, 0.5) is 8.78 Å². The van der Waals surface area contributed by atoms with E-state index in [1.807, 2.05) is 12.1 Å². The average molecular weight is 294 g/mol. The molecule has 2 rings (SSSR count). The van der Waals surface area contributed by atoms with Gasteiger partial charge in [-0.3, -0.25) is 0 Å². The third-order valence-corrected chi connectivity index (χ3v) is 3.80. The van der Waals surface area contributed by atoms with E-state index in [0.29, 0.717) is 11.4 Å². The fourth-order valence-corrected chi connectivity index (χ4v) is 2.60. The summed E-state index contributed by atoms with van der Waals surface area (Å²) in [6.45, 7) is 3.70. The summed E-state index contributed by atoms with van der Waals surface area (Å²) in [6, 6.07) is 7.39. The molecule has 0 aliphatic carbocycles. The maximum absolute atomic E-state index is 13.7. The fourth-order valence-electron chi connectivity index (χ4n) is 1.71. The molecule has 5 heteroatoms. The van der Waals surface area contributed by atoms with E-state index in [4.69, 9.17) is 0 Å². The molecular formula is C15H16F2N2S. The number of hydrogen-bond donors (Lipinski definition) is 1. The van der Waals surface area contributed by atoms with Crippen LogP contribution in [0.2, 0.25) is 0 Å². The molecule has 0 unspecified atom stereocenters. The highest BCUT2D eigenvalue weighted by atomic mass is 32.2. The minimum absolute atomic E-state index is 0.377. The van der Waals surface area contributed by atoms with Gasteiger partial charge in [-0.25, -0.2) is 13.8 Å². The van der Waals surface area contributed by atoms with E-state index >= 15 is 0 Å². The van der Waals surface area contributed by atoms with Crippen LogP contribution in [0.25, 0.3) is 0 Å². The molecule has 0 fully saturated rings. The monoisotopic (exact) mass is 294 g/mol. The highest BCUT2D eigenvalue weighted by Gasteiger charge is 2.09. The molecule has 1 N–H and O–H groups in total. The van der Waals surface area contributed by atoms with Crippen molar-refractivity contribution < 1.29 is 8.78 Å². The summed E-state index contributed by atoms with van der Waals surface area (Å²) in [5.74, 6) is -1.13. The minimum atomic E-state index is -0.572. The van der Waals surface area contributed by atoms with Gasteiger partial charge in [0.15, 0.2) is 0 Å². The summed E-state index contributed by atoms with van der Waals surface area (Å²) >= 11 is 1.21. The molecule has 0 saturated carbocycles.